The Bertz CT molecular complexity index is 301. The van der Waals surface area contributed by atoms with Crippen LogP contribution in [-0.2, 0) is 9.59 Å². The quantitative estimate of drug-likeness (QED) is 0.799. The third kappa shape index (κ3) is 3.20. The number of carbonyl (C=O) groups excluding carboxylic acids is 2. The molecule has 17 heavy (non-hydrogen) atoms. The fourth-order valence-electron chi connectivity index (χ4n) is 2.31. The molecule has 1 saturated carbocycles. The number of hydrogen-bond donors (Lipinski definition) is 1. The molecule has 0 radical (unpaired) electrons. The van der Waals surface area contributed by atoms with Gasteiger partial charge in [0, 0.05) is 25.6 Å². The van der Waals surface area contributed by atoms with Crippen LogP contribution in [0.25, 0.3) is 0 Å². The monoisotopic (exact) mass is 238 g/mol. The molecule has 2 fully saturated rings. The first-order valence-corrected chi connectivity index (χ1v) is 6.65. The van der Waals surface area contributed by atoms with E-state index in [1.54, 1.807) is 0 Å². The van der Waals surface area contributed by atoms with Crippen LogP contribution in [-0.4, -0.2) is 35.8 Å². The Morgan fingerprint density at radius 2 is 2.12 bits per heavy atom. The zero-order chi connectivity index (χ0) is 12.4. The Balaban J connectivity index is 1.92. The average molecular weight is 238 g/mol. The van der Waals surface area contributed by atoms with Gasteiger partial charge in [-0.15, -0.1) is 0 Å². The van der Waals surface area contributed by atoms with Crippen molar-refractivity contribution in [2.24, 2.45) is 11.8 Å². The van der Waals surface area contributed by atoms with Gasteiger partial charge in [-0.05, 0) is 39.0 Å². The Labute approximate surface area is 103 Å². The zero-order valence-electron chi connectivity index (χ0n) is 10.7. The molecule has 2 aliphatic rings. The van der Waals surface area contributed by atoms with Crippen LogP contribution in [0.4, 0.5) is 0 Å². The minimum absolute atomic E-state index is 0.00569. The van der Waals surface area contributed by atoms with Crippen molar-refractivity contribution in [3.63, 3.8) is 0 Å². The van der Waals surface area contributed by atoms with Gasteiger partial charge >= 0.3 is 0 Å². The summed E-state index contributed by atoms with van der Waals surface area (Å²) in [5.41, 5.74) is 0. The minimum Gasteiger partial charge on any atom is -0.355 e. The molecule has 1 aliphatic carbocycles. The van der Waals surface area contributed by atoms with Crippen LogP contribution in [0, 0.1) is 11.8 Å². The third-order valence-corrected chi connectivity index (χ3v) is 3.67. The standard InChI is InChI=1S/C13H22N2O2/c1-9(2)15(8-10-3-4-10)13(17)11-5-6-12(16)14-7-11/h9-11H,3-8H2,1-2H3,(H,14,16). The lowest BCUT2D eigenvalue weighted by molar-refractivity contribution is -0.139. The molecule has 0 aromatic carbocycles. The van der Waals surface area contributed by atoms with Crippen molar-refractivity contribution < 1.29 is 9.59 Å². The molecule has 96 valence electrons. The number of nitrogens with one attached hydrogen (secondary N) is 1. The third-order valence-electron chi connectivity index (χ3n) is 3.67. The summed E-state index contributed by atoms with van der Waals surface area (Å²) in [6.45, 7) is 5.57. The molecular weight excluding hydrogens is 216 g/mol. The molecule has 1 aliphatic heterocycles. The molecule has 0 aromatic heterocycles. The SMILES string of the molecule is CC(C)N(CC1CC1)C(=O)C1CCC(=O)NC1. The molecule has 2 amide bonds. The van der Waals surface area contributed by atoms with Gasteiger partial charge in [-0.1, -0.05) is 0 Å². The molecule has 1 saturated heterocycles. The Morgan fingerprint density at radius 3 is 2.59 bits per heavy atom. The molecule has 1 atom stereocenters. The van der Waals surface area contributed by atoms with Gasteiger partial charge in [-0.2, -0.15) is 0 Å². The Morgan fingerprint density at radius 1 is 1.41 bits per heavy atom. The summed E-state index contributed by atoms with van der Waals surface area (Å²) in [5, 5.41) is 2.79. The van der Waals surface area contributed by atoms with Crippen LogP contribution >= 0.6 is 0 Å². The smallest absolute Gasteiger partial charge is 0.227 e. The first-order chi connectivity index (χ1) is 8.08. The molecule has 1 unspecified atom stereocenters. The van der Waals surface area contributed by atoms with Crippen molar-refractivity contribution in [3.05, 3.63) is 0 Å². The predicted molar refractivity (Wildman–Crippen MR) is 65.3 cm³/mol. The first kappa shape index (κ1) is 12.4. The van der Waals surface area contributed by atoms with Gasteiger partial charge < -0.3 is 10.2 Å². The van der Waals surface area contributed by atoms with Crippen LogP contribution < -0.4 is 5.32 Å². The molecule has 2 rings (SSSR count). The van der Waals surface area contributed by atoms with Gasteiger partial charge in [0.05, 0.1) is 5.92 Å². The number of carbonyl (C=O) groups is 2. The van der Waals surface area contributed by atoms with Crippen LogP contribution in [0.5, 0.6) is 0 Å². The van der Waals surface area contributed by atoms with E-state index in [9.17, 15) is 9.59 Å². The molecule has 4 nitrogen and oxygen atoms in total. The van der Waals surface area contributed by atoms with Crippen LogP contribution in [0.2, 0.25) is 0 Å². The average Bonchev–Trinajstić information content (AvgIpc) is 3.09. The van der Waals surface area contributed by atoms with Crippen molar-refractivity contribution >= 4 is 11.8 Å². The zero-order valence-corrected chi connectivity index (χ0v) is 10.7. The number of rotatable bonds is 4. The van der Waals surface area contributed by atoms with E-state index in [-0.39, 0.29) is 23.8 Å². The van der Waals surface area contributed by atoms with Crippen molar-refractivity contribution in [2.45, 2.75) is 45.6 Å². The maximum Gasteiger partial charge on any atom is 0.227 e. The Hall–Kier alpha value is -1.06. The summed E-state index contributed by atoms with van der Waals surface area (Å²) in [6, 6.07) is 0.265. The topological polar surface area (TPSA) is 49.4 Å². The van der Waals surface area contributed by atoms with E-state index in [1.807, 2.05) is 4.90 Å². The highest BCUT2D eigenvalue weighted by atomic mass is 16.2. The summed E-state index contributed by atoms with van der Waals surface area (Å²) < 4.78 is 0. The number of hydrogen-bond acceptors (Lipinski definition) is 2. The second kappa shape index (κ2) is 5.07. The van der Waals surface area contributed by atoms with E-state index in [1.165, 1.54) is 12.8 Å². The lowest BCUT2D eigenvalue weighted by atomic mass is 9.97. The summed E-state index contributed by atoms with van der Waals surface area (Å²) in [6.07, 6.45) is 3.72. The summed E-state index contributed by atoms with van der Waals surface area (Å²) >= 11 is 0. The second-order valence-corrected chi connectivity index (χ2v) is 5.57. The van der Waals surface area contributed by atoms with E-state index >= 15 is 0 Å². The fourth-order valence-corrected chi connectivity index (χ4v) is 2.31. The van der Waals surface area contributed by atoms with Crippen molar-refractivity contribution in [3.8, 4) is 0 Å². The fraction of sp³-hybridized carbons (Fsp3) is 0.846. The molecular formula is C13H22N2O2. The lowest BCUT2D eigenvalue weighted by Crippen LogP contribution is -2.47. The van der Waals surface area contributed by atoms with Gasteiger partial charge in [0.2, 0.25) is 11.8 Å². The number of amides is 2. The van der Waals surface area contributed by atoms with E-state index in [2.05, 4.69) is 19.2 Å². The molecule has 0 bridgehead atoms. The lowest BCUT2D eigenvalue weighted by Gasteiger charge is -2.32. The van der Waals surface area contributed by atoms with Crippen molar-refractivity contribution in [1.29, 1.82) is 0 Å². The first-order valence-electron chi connectivity index (χ1n) is 6.65. The molecule has 4 heteroatoms. The van der Waals surface area contributed by atoms with Crippen LogP contribution in [0.15, 0.2) is 0 Å². The number of piperidine rings is 1. The summed E-state index contributed by atoms with van der Waals surface area (Å²) in [5.74, 6) is 1.02. The second-order valence-electron chi connectivity index (χ2n) is 5.57. The summed E-state index contributed by atoms with van der Waals surface area (Å²) in [4.78, 5) is 25.5. The maximum atomic E-state index is 12.4. The molecule has 0 spiro atoms. The van der Waals surface area contributed by atoms with Crippen molar-refractivity contribution in [1.82, 2.24) is 10.2 Å². The maximum absolute atomic E-state index is 12.4. The predicted octanol–water partition coefficient (Wildman–Crippen LogP) is 1.16. The van der Waals surface area contributed by atoms with E-state index in [0.29, 0.717) is 19.4 Å². The van der Waals surface area contributed by atoms with Gasteiger partial charge in [-0.3, -0.25) is 9.59 Å². The van der Waals surface area contributed by atoms with E-state index in [4.69, 9.17) is 0 Å². The van der Waals surface area contributed by atoms with Crippen molar-refractivity contribution in [2.75, 3.05) is 13.1 Å². The molecule has 0 aromatic rings. The molecule has 1 heterocycles. The minimum atomic E-state index is -0.00569. The highest BCUT2D eigenvalue weighted by Crippen LogP contribution is 2.31. The molecule has 1 N–H and O–H groups in total. The number of nitrogens with zero attached hydrogens (tertiary/aromatic N) is 1. The van der Waals surface area contributed by atoms with Gasteiger partial charge in [-0.25, -0.2) is 0 Å². The Kier molecular flexibility index (Phi) is 3.69. The summed E-state index contributed by atoms with van der Waals surface area (Å²) in [7, 11) is 0. The highest BCUT2D eigenvalue weighted by molar-refractivity contribution is 5.84. The normalized spacial score (nSPS) is 24.6. The highest BCUT2D eigenvalue weighted by Gasteiger charge is 2.33. The van der Waals surface area contributed by atoms with Gasteiger partial charge in [0.1, 0.15) is 0 Å². The largest absolute Gasteiger partial charge is 0.355 e. The van der Waals surface area contributed by atoms with Gasteiger partial charge in [0.25, 0.3) is 0 Å². The van der Waals surface area contributed by atoms with Gasteiger partial charge in [0.15, 0.2) is 0 Å². The van der Waals surface area contributed by atoms with E-state index in [0.717, 1.165) is 12.5 Å². The van der Waals surface area contributed by atoms with Crippen LogP contribution in [0.1, 0.15) is 39.5 Å². The van der Waals surface area contributed by atoms with E-state index < -0.39 is 0 Å². The van der Waals surface area contributed by atoms with Crippen LogP contribution in [0.3, 0.4) is 0 Å².